The van der Waals surface area contributed by atoms with E-state index in [9.17, 15) is 9.18 Å². The predicted molar refractivity (Wildman–Crippen MR) is 74.0 cm³/mol. The summed E-state index contributed by atoms with van der Waals surface area (Å²) in [6.45, 7) is 0.665. The number of carbonyl (C=O) groups is 1. The maximum Gasteiger partial charge on any atom is 0.245 e. The Bertz CT molecular complexity index is 639. The summed E-state index contributed by atoms with van der Waals surface area (Å²) in [5.41, 5.74) is 0. The van der Waals surface area contributed by atoms with Gasteiger partial charge in [0, 0.05) is 11.4 Å². The van der Waals surface area contributed by atoms with E-state index in [1.165, 1.54) is 23.9 Å². The zero-order chi connectivity index (χ0) is 14.7. The summed E-state index contributed by atoms with van der Waals surface area (Å²) in [5, 5.41) is 9.64. The van der Waals surface area contributed by atoms with E-state index in [2.05, 4.69) is 20.8 Å². The highest BCUT2D eigenvalue weighted by Gasteiger charge is 2.23. The molecular formula is C13H13FN4O2S. The number of thioether (sulfide) groups is 1. The fourth-order valence-corrected chi connectivity index (χ4v) is 2.70. The molecule has 2 heterocycles. The first-order valence-electron chi connectivity index (χ1n) is 6.41. The zero-order valence-corrected chi connectivity index (χ0v) is 11.8. The van der Waals surface area contributed by atoms with Crippen LogP contribution in [0.15, 0.2) is 33.7 Å². The van der Waals surface area contributed by atoms with Gasteiger partial charge in [0.25, 0.3) is 0 Å². The van der Waals surface area contributed by atoms with Gasteiger partial charge in [0.2, 0.25) is 11.8 Å². The molecule has 1 fully saturated rings. The van der Waals surface area contributed by atoms with Crippen LogP contribution < -0.4 is 10.6 Å². The van der Waals surface area contributed by atoms with Crippen molar-refractivity contribution in [1.82, 2.24) is 20.8 Å². The second-order valence-corrected chi connectivity index (χ2v) is 5.58. The van der Waals surface area contributed by atoms with E-state index in [0.717, 1.165) is 4.90 Å². The molecule has 3 rings (SSSR count). The largest absolute Gasteiger partial charge is 0.353 e. The molecule has 1 aliphatic rings. The van der Waals surface area contributed by atoms with Gasteiger partial charge in [-0.25, -0.2) is 4.39 Å². The molecular weight excluding hydrogens is 295 g/mol. The van der Waals surface area contributed by atoms with E-state index >= 15 is 0 Å². The normalized spacial score (nSPS) is 18.5. The van der Waals surface area contributed by atoms with Crippen LogP contribution in [0.2, 0.25) is 0 Å². The summed E-state index contributed by atoms with van der Waals surface area (Å²) in [7, 11) is 0. The van der Waals surface area contributed by atoms with Crippen molar-refractivity contribution in [2.24, 2.45) is 0 Å². The number of benzene rings is 1. The average molecular weight is 308 g/mol. The maximum atomic E-state index is 13.1. The van der Waals surface area contributed by atoms with Gasteiger partial charge in [0.05, 0.1) is 12.3 Å². The van der Waals surface area contributed by atoms with Gasteiger partial charge in [-0.15, -0.1) is 11.8 Å². The van der Waals surface area contributed by atoms with Gasteiger partial charge in [-0.2, -0.15) is 4.98 Å². The summed E-state index contributed by atoms with van der Waals surface area (Å²) in [6, 6.07) is 6.19. The molecule has 0 radical (unpaired) electrons. The van der Waals surface area contributed by atoms with Crippen LogP contribution in [-0.2, 0) is 10.5 Å². The molecule has 0 bridgehead atoms. The minimum absolute atomic E-state index is 0.0485. The molecule has 0 spiro atoms. The summed E-state index contributed by atoms with van der Waals surface area (Å²) in [5.74, 6) is 1.16. The SMILES string of the molecule is O=C1CNC(c2nc(CSc3cccc(F)c3)no2)CN1. The van der Waals surface area contributed by atoms with Crippen LogP contribution in [0.5, 0.6) is 0 Å². The monoisotopic (exact) mass is 308 g/mol. The van der Waals surface area contributed by atoms with Crippen LogP contribution >= 0.6 is 11.8 Å². The number of nitrogens with zero attached hydrogens (tertiary/aromatic N) is 2. The predicted octanol–water partition coefficient (Wildman–Crippen LogP) is 1.26. The van der Waals surface area contributed by atoms with Gasteiger partial charge in [-0.05, 0) is 18.2 Å². The zero-order valence-electron chi connectivity index (χ0n) is 11.0. The molecule has 2 aromatic rings. The van der Waals surface area contributed by atoms with Crippen molar-refractivity contribution in [2.45, 2.75) is 16.7 Å². The highest BCUT2D eigenvalue weighted by Crippen LogP contribution is 2.22. The van der Waals surface area contributed by atoms with Crippen molar-refractivity contribution < 1.29 is 13.7 Å². The lowest BCUT2D eigenvalue weighted by atomic mass is 10.2. The molecule has 1 atom stereocenters. The van der Waals surface area contributed by atoms with E-state index in [1.54, 1.807) is 6.07 Å². The Hall–Kier alpha value is -1.93. The van der Waals surface area contributed by atoms with E-state index in [0.29, 0.717) is 24.0 Å². The number of hydrogen-bond acceptors (Lipinski definition) is 6. The Kier molecular flexibility index (Phi) is 4.16. The smallest absolute Gasteiger partial charge is 0.245 e. The van der Waals surface area contributed by atoms with Crippen LogP contribution in [0.1, 0.15) is 17.8 Å². The highest BCUT2D eigenvalue weighted by molar-refractivity contribution is 7.98. The van der Waals surface area contributed by atoms with Gasteiger partial charge >= 0.3 is 0 Å². The van der Waals surface area contributed by atoms with Crippen LogP contribution in [0, 0.1) is 5.82 Å². The van der Waals surface area contributed by atoms with Crippen molar-refractivity contribution >= 4 is 17.7 Å². The number of carbonyl (C=O) groups excluding carboxylic acids is 1. The molecule has 21 heavy (non-hydrogen) atoms. The number of rotatable bonds is 4. The molecule has 2 N–H and O–H groups in total. The quantitative estimate of drug-likeness (QED) is 0.828. The number of halogens is 1. The Balaban J connectivity index is 1.59. The Morgan fingerprint density at radius 2 is 2.38 bits per heavy atom. The van der Waals surface area contributed by atoms with Crippen molar-refractivity contribution in [2.75, 3.05) is 13.1 Å². The van der Waals surface area contributed by atoms with Crippen molar-refractivity contribution in [1.29, 1.82) is 0 Å². The van der Waals surface area contributed by atoms with E-state index in [1.807, 2.05) is 6.07 Å². The van der Waals surface area contributed by atoms with Crippen LogP contribution in [0.3, 0.4) is 0 Å². The van der Waals surface area contributed by atoms with Crippen molar-refractivity contribution in [3.8, 4) is 0 Å². The first-order chi connectivity index (χ1) is 10.2. The number of piperazine rings is 1. The van der Waals surface area contributed by atoms with E-state index < -0.39 is 0 Å². The standard InChI is InChI=1S/C13H13FN4O2S/c14-8-2-1-3-9(4-8)21-7-11-17-13(20-18-11)10-5-16-12(19)6-15-10/h1-4,10,15H,5-7H2,(H,16,19). The van der Waals surface area contributed by atoms with E-state index in [4.69, 9.17) is 4.52 Å². The fraction of sp³-hybridized carbons (Fsp3) is 0.308. The molecule has 1 amide bonds. The molecule has 1 aromatic carbocycles. The highest BCUT2D eigenvalue weighted by atomic mass is 32.2. The summed E-state index contributed by atoms with van der Waals surface area (Å²) >= 11 is 1.43. The number of hydrogen-bond donors (Lipinski definition) is 2. The molecule has 8 heteroatoms. The maximum absolute atomic E-state index is 13.1. The molecule has 0 saturated carbocycles. The van der Waals surface area contributed by atoms with Gasteiger partial charge in [-0.1, -0.05) is 11.2 Å². The average Bonchev–Trinajstić information content (AvgIpc) is 2.95. The lowest BCUT2D eigenvalue weighted by Crippen LogP contribution is -2.47. The molecule has 1 aromatic heterocycles. The molecule has 110 valence electrons. The van der Waals surface area contributed by atoms with Gasteiger partial charge in [0.1, 0.15) is 11.9 Å². The van der Waals surface area contributed by atoms with Gasteiger partial charge in [0.15, 0.2) is 5.82 Å². The molecule has 1 saturated heterocycles. The summed E-state index contributed by atoms with van der Waals surface area (Å²) < 4.78 is 18.3. The van der Waals surface area contributed by atoms with Crippen molar-refractivity contribution in [3.63, 3.8) is 0 Å². The Labute approximate surface area is 124 Å². The first kappa shape index (κ1) is 14.0. The van der Waals surface area contributed by atoms with Gasteiger partial charge < -0.3 is 9.84 Å². The van der Waals surface area contributed by atoms with Gasteiger partial charge in [-0.3, -0.25) is 10.1 Å². The Morgan fingerprint density at radius 1 is 1.48 bits per heavy atom. The molecule has 0 aliphatic carbocycles. The second-order valence-electron chi connectivity index (χ2n) is 4.53. The first-order valence-corrected chi connectivity index (χ1v) is 7.40. The number of aromatic nitrogens is 2. The van der Waals surface area contributed by atoms with E-state index in [-0.39, 0.29) is 24.3 Å². The second kappa shape index (κ2) is 6.23. The number of nitrogens with one attached hydrogen (secondary N) is 2. The third-order valence-electron chi connectivity index (χ3n) is 2.96. The summed E-state index contributed by atoms with van der Waals surface area (Å²) in [4.78, 5) is 16.2. The molecule has 6 nitrogen and oxygen atoms in total. The van der Waals surface area contributed by atoms with Crippen LogP contribution in [0.4, 0.5) is 4.39 Å². The fourth-order valence-electron chi connectivity index (χ4n) is 1.91. The van der Waals surface area contributed by atoms with Crippen LogP contribution in [-0.4, -0.2) is 29.1 Å². The number of amides is 1. The summed E-state index contributed by atoms with van der Waals surface area (Å²) in [6.07, 6.45) is 0. The molecule has 1 unspecified atom stereocenters. The third kappa shape index (κ3) is 3.59. The third-order valence-corrected chi connectivity index (χ3v) is 3.95. The minimum Gasteiger partial charge on any atom is -0.353 e. The topological polar surface area (TPSA) is 80.1 Å². The van der Waals surface area contributed by atoms with Crippen LogP contribution in [0.25, 0.3) is 0 Å². The van der Waals surface area contributed by atoms with Crippen molar-refractivity contribution in [3.05, 3.63) is 41.8 Å². The lowest BCUT2D eigenvalue weighted by Gasteiger charge is -2.20. The Morgan fingerprint density at radius 3 is 3.14 bits per heavy atom. The minimum atomic E-state index is -0.268. The lowest BCUT2D eigenvalue weighted by molar-refractivity contribution is -0.121. The molecule has 1 aliphatic heterocycles.